The monoisotopic (exact) mass is 295 g/mol. The molecular formula is C18H17NOS. The molecule has 106 valence electrons. The predicted octanol–water partition coefficient (Wildman–Crippen LogP) is 4.39. The molecule has 0 bridgehead atoms. The number of rotatable bonds is 3. The Labute approximate surface area is 128 Å². The summed E-state index contributed by atoms with van der Waals surface area (Å²) in [6, 6.07) is 17.2. The fourth-order valence-electron chi connectivity index (χ4n) is 2.94. The first kappa shape index (κ1) is 12.9. The van der Waals surface area contributed by atoms with Crippen molar-refractivity contribution in [1.82, 2.24) is 0 Å². The maximum atomic E-state index is 6.14. The lowest BCUT2D eigenvalue weighted by Gasteiger charge is -2.05. The van der Waals surface area contributed by atoms with Crippen molar-refractivity contribution in [1.29, 1.82) is 0 Å². The van der Waals surface area contributed by atoms with Crippen molar-refractivity contribution in [3.05, 3.63) is 54.1 Å². The molecule has 0 aliphatic heterocycles. The van der Waals surface area contributed by atoms with E-state index in [2.05, 4.69) is 42.5 Å². The highest BCUT2D eigenvalue weighted by Gasteiger charge is 2.38. The van der Waals surface area contributed by atoms with Gasteiger partial charge in [0.05, 0.1) is 7.11 Å². The first-order chi connectivity index (χ1) is 10.3. The van der Waals surface area contributed by atoms with Crippen molar-refractivity contribution in [2.75, 3.05) is 7.11 Å². The van der Waals surface area contributed by atoms with Crippen LogP contribution in [0.1, 0.15) is 17.9 Å². The Hall–Kier alpha value is -1.84. The Bertz CT molecular complexity index is 794. The van der Waals surface area contributed by atoms with E-state index < -0.39 is 0 Å². The number of hydrogen-bond acceptors (Lipinski definition) is 3. The maximum Gasteiger partial charge on any atom is 0.119 e. The highest BCUT2D eigenvalue weighted by atomic mass is 32.1. The van der Waals surface area contributed by atoms with Gasteiger partial charge in [-0.05, 0) is 35.7 Å². The summed E-state index contributed by atoms with van der Waals surface area (Å²) in [6.45, 7) is 0. The summed E-state index contributed by atoms with van der Waals surface area (Å²) in [5.41, 5.74) is 8.83. The molecule has 1 aliphatic carbocycles. The van der Waals surface area contributed by atoms with Gasteiger partial charge in [0.25, 0.3) is 0 Å². The van der Waals surface area contributed by atoms with Crippen LogP contribution in [0.3, 0.4) is 0 Å². The molecule has 2 N–H and O–H groups in total. The SMILES string of the molecule is COc1ccc2sc(-c3ccccc3)c([C@@H]3C[C@H]3N)c2c1. The van der Waals surface area contributed by atoms with E-state index in [0.29, 0.717) is 12.0 Å². The average Bonchev–Trinajstić information content (AvgIpc) is 3.12. The first-order valence-electron chi connectivity index (χ1n) is 7.19. The summed E-state index contributed by atoms with van der Waals surface area (Å²) in [4.78, 5) is 1.36. The fourth-order valence-corrected chi connectivity index (χ4v) is 4.20. The molecule has 1 saturated carbocycles. The summed E-state index contributed by atoms with van der Waals surface area (Å²) in [6.07, 6.45) is 1.09. The molecule has 0 amide bonds. The minimum absolute atomic E-state index is 0.302. The lowest BCUT2D eigenvalue weighted by atomic mass is 10.0. The van der Waals surface area contributed by atoms with Gasteiger partial charge in [0.1, 0.15) is 5.75 Å². The number of nitrogens with two attached hydrogens (primary N) is 1. The zero-order valence-electron chi connectivity index (χ0n) is 11.9. The van der Waals surface area contributed by atoms with Crippen LogP contribution in [-0.2, 0) is 0 Å². The van der Waals surface area contributed by atoms with Crippen molar-refractivity contribution >= 4 is 21.4 Å². The molecule has 2 atom stereocenters. The molecule has 3 heteroatoms. The Morgan fingerprint density at radius 1 is 1.14 bits per heavy atom. The largest absolute Gasteiger partial charge is 0.497 e. The summed E-state index contributed by atoms with van der Waals surface area (Å²) in [5, 5.41) is 1.30. The van der Waals surface area contributed by atoms with Crippen LogP contribution < -0.4 is 10.5 Å². The second-order valence-electron chi connectivity index (χ2n) is 5.58. The third-order valence-electron chi connectivity index (χ3n) is 4.18. The summed E-state index contributed by atoms with van der Waals surface area (Å²) >= 11 is 1.86. The van der Waals surface area contributed by atoms with E-state index in [0.717, 1.165) is 12.2 Å². The van der Waals surface area contributed by atoms with E-state index in [1.807, 2.05) is 17.4 Å². The average molecular weight is 295 g/mol. The lowest BCUT2D eigenvalue weighted by molar-refractivity contribution is 0.415. The normalized spacial score (nSPS) is 20.7. The quantitative estimate of drug-likeness (QED) is 0.777. The molecule has 1 fully saturated rings. The van der Waals surface area contributed by atoms with Gasteiger partial charge < -0.3 is 10.5 Å². The lowest BCUT2D eigenvalue weighted by Crippen LogP contribution is -2.01. The Morgan fingerprint density at radius 2 is 1.90 bits per heavy atom. The smallest absolute Gasteiger partial charge is 0.119 e. The van der Waals surface area contributed by atoms with Gasteiger partial charge in [-0.2, -0.15) is 0 Å². The highest BCUT2D eigenvalue weighted by Crippen LogP contribution is 2.51. The molecule has 0 radical (unpaired) electrons. The molecule has 3 aromatic rings. The summed E-state index contributed by atoms with van der Waals surface area (Å²) in [7, 11) is 1.72. The van der Waals surface area contributed by atoms with Crippen LogP contribution in [-0.4, -0.2) is 13.2 Å². The van der Waals surface area contributed by atoms with Crippen molar-refractivity contribution in [2.24, 2.45) is 5.73 Å². The van der Waals surface area contributed by atoms with Gasteiger partial charge in [-0.15, -0.1) is 11.3 Å². The number of methoxy groups -OCH3 is 1. The van der Waals surface area contributed by atoms with Gasteiger partial charge in [-0.1, -0.05) is 30.3 Å². The molecule has 1 heterocycles. The Morgan fingerprint density at radius 3 is 2.57 bits per heavy atom. The second-order valence-corrected chi connectivity index (χ2v) is 6.63. The minimum atomic E-state index is 0.302. The van der Waals surface area contributed by atoms with Gasteiger partial charge in [0.2, 0.25) is 0 Å². The van der Waals surface area contributed by atoms with Crippen LogP contribution in [0.4, 0.5) is 0 Å². The molecule has 1 aromatic heterocycles. The van der Waals surface area contributed by atoms with Gasteiger partial charge in [-0.3, -0.25) is 0 Å². The summed E-state index contributed by atoms with van der Waals surface area (Å²) in [5.74, 6) is 1.40. The zero-order valence-corrected chi connectivity index (χ0v) is 12.7. The fraction of sp³-hybridized carbons (Fsp3) is 0.222. The van der Waals surface area contributed by atoms with E-state index in [1.54, 1.807) is 7.11 Å². The molecule has 21 heavy (non-hydrogen) atoms. The van der Waals surface area contributed by atoms with Crippen LogP contribution in [0, 0.1) is 0 Å². The van der Waals surface area contributed by atoms with Gasteiger partial charge in [0.15, 0.2) is 0 Å². The van der Waals surface area contributed by atoms with Crippen LogP contribution >= 0.6 is 11.3 Å². The number of thiophene rings is 1. The Kier molecular flexibility index (Phi) is 2.98. The maximum absolute atomic E-state index is 6.14. The van der Waals surface area contributed by atoms with Crippen LogP contribution in [0.5, 0.6) is 5.75 Å². The molecular weight excluding hydrogens is 278 g/mol. The first-order valence-corrected chi connectivity index (χ1v) is 8.01. The van der Waals surface area contributed by atoms with Crippen LogP contribution in [0.15, 0.2) is 48.5 Å². The highest BCUT2D eigenvalue weighted by molar-refractivity contribution is 7.22. The van der Waals surface area contributed by atoms with Gasteiger partial charge in [0, 0.05) is 26.9 Å². The van der Waals surface area contributed by atoms with Crippen molar-refractivity contribution in [3.63, 3.8) is 0 Å². The number of fused-ring (bicyclic) bond motifs is 1. The topological polar surface area (TPSA) is 35.2 Å². The van der Waals surface area contributed by atoms with Crippen molar-refractivity contribution < 1.29 is 4.74 Å². The molecule has 0 saturated heterocycles. The number of hydrogen-bond donors (Lipinski definition) is 1. The Balaban J connectivity index is 1.97. The zero-order chi connectivity index (χ0) is 14.4. The van der Waals surface area contributed by atoms with E-state index in [1.165, 1.54) is 26.1 Å². The van der Waals surface area contributed by atoms with E-state index in [-0.39, 0.29) is 0 Å². The standard InChI is InChI=1S/C18H17NOS/c1-20-12-7-8-16-14(9-12)17(13-10-15(13)19)18(21-16)11-5-3-2-4-6-11/h2-9,13,15H,10,19H2,1H3/t13-,15-/m1/s1. The van der Waals surface area contributed by atoms with Gasteiger partial charge in [-0.25, -0.2) is 0 Å². The molecule has 0 spiro atoms. The summed E-state index contributed by atoms with van der Waals surface area (Å²) < 4.78 is 6.70. The number of benzene rings is 2. The van der Waals surface area contributed by atoms with Crippen molar-refractivity contribution in [2.45, 2.75) is 18.4 Å². The molecule has 1 aliphatic rings. The third-order valence-corrected chi connectivity index (χ3v) is 5.42. The number of ether oxygens (including phenoxy) is 1. The predicted molar refractivity (Wildman–Crippen MR) is 89.1 cm³/mol. The molecule has 2 aromatic carbocycles. The van der Waals surface area contributed by atoms with E-state index in [9.17, 15) is 0 Å². The second kappa shape index (κ2) is 4.86. The minimum Gasteiger partial charge on any atom is -0.497 e. The van der Waals surface area contributed by atoms with Crippen molar-refractivity contribution in [3.8, 4) is 16.2 Å². The molecule has 0 unspecified atom stereocenters. The third kappa shape index (κ3) is 2.13. The van der Waals surface area contributed by atoms with Crippen LogP contribution in [0.25, 0.3) is 20.5 Å². The molecule has 2 nitrogen and oxygen atoms in total. The van der Waals surface area contributed by atoms with Gasteiger partial charge >= 0.3 is 0 Å². The van der Waals surface area contributed by atoms with E-state index in [4.69, 9.17) is 10.5 Å². The van der Waals surface area contributed by atoms with E-state index >= 15 is 0 Å². The van der Waals surface area contributed by atoms with Crippen LogP contribution in [0.2, 0.25) is 0 Å². The molecule has 4 rings (SSSR count).